The first-order valence-electron chi connectivity index (χ1n) is 4.43. The summed E-state index contributed by atoms with van der Waals surface area (Å²) in [7, 11) is 1.21. The summed E-state index contributed by atoms with van der Waals surface area (Å²) in [6.45, 7) is 1.63. The highest BCUT2D eigenvalue weighted by atomic mass is 79.9. The smallest absolute Gasteiger partial charge is 0.338 e. The van der Waals surface area contributed by atoms with Gasteiger partial charge in [-0.05, 0) is 12.5 Å². The Kier molecular flexibility index (Phi) is 4.35. The predicted octanol–water partition coefficient (Wildman–Crippen LogP) is 3.01. The first-order chi connectivity index (χ1) is 7.52. The zero-order valence-corrected chi connectivity index (χ0v) is 10.3. The van der Waals surface area contributed by atoms with Gasteiger partial charge in [0, 0.05) is 17.1 Å². The van der Waals surface area contributed by atoms with E-state index in [4.69, 9.17) is 0 Å². The van der Waals surface area contributed by atoms with Crippen LogP contribution < -0.4 is 0 Å². The van der Waals surface area contributed by atoms with Gasteiger partial charge >= 0.3 is 5.97 Å². The molecule has 1 rings (SSSR count). The summed E-state index contributed by atoms with van der Waals surface area (Å²) in [5.74, 6) is -0.628. The number of alkyl halides is 3. The van der Waals surface area contributed by atoms with Gasteiger partial charge in [-0.25, -0.2) is 13.6 Å². The SMILES string of the molecule is COC(=O)c1c(C)cnc(C(F)F)c1CBr. The summed E-state index contributed by atoms with van der Waals surface area (Å²) in [6, 6.07) is 0. The highest BCUT2D eigenvalue weighted by Crippen LogP contribution is 2.27. The topological polar surface area (TPSA) is 39.2 Å². The standard InChI is InChI=1S/C10H10BrF2NO2/c1-5-4-14-8(9(12)13)6(3-11)7(5)10(15)16-2/h4,9H,3H2,1-2H3. The Morgan fingerprint density at radius 2 is 2.25 bits per heavy atom. The van der Waals surface area contributed by atoms with E-state index in [1.807, 2.05) is 0 Å². The van der Waals surface area contributed by atoms with E-state index in [9.17, 15) is 13.6 Å². The number of halogens is 3. The van der Waals surface area contributed by atoms with E-state index in [0.29, 0.717) is 5.56 Å². The molecule has 0 aromatic carbocycles. The van der Waals surface area contributed by atoms with E-state index < -0.39 is 12.4 Å². The van der Waals surface area contributed by atoms with Gasteiger partial charge in [0.15, 0.2) is 0 Å². The van der Waals surface area contributed by atoms with Crippen LogP contribution in [0.4, 0.5) is 8.78 Å². The lowest BCUT2D eigenvalue weighted by Gasteiger charge is -2.12. The molecule has 1 aromatic rings. The van der Waals surface area contributed by atoms with Crippen LogP contribution in [0.25, 0.3) is 0 Å². The van der Waals surface area contributed by atoms with Gasteiger partial charge in [0.1, 0.15) is 5.69 Å². The maximum Gasteiger partial charge on any atom is 0.338 e. The number of aromatic nitrogens is 1. The summed E-state index contributed by atoms with van der Waals surface area (Å²) in [6.07, 6.45) is -1.46. The predicted molar refractivity (Wildman–Crippen MR) is 57.9 cm³/mol. The maximum absolute atomic E-state index is 12.7. The molecule has 0 unspecified atom stereocenters. The summed E-state index contributed by atoms with van der Waals surface area (Å²) in [4.78, 5) is 15.1. The third-order valence-electron chi connectivity index (χ3n) is 2.13. The van der Waals surface area contributed by atoms with Crippen molar-refractivity contribution in [3.8, 4) is 0 Å². The van der Waals surface area contributed by atoms with Crippen molar-refractivity contribution in [1.82, 2.24) is 4.98 Å². The Balaban J connectivity index is 3.44. The minimum atomic E-state index is -2.71. The molecule has 0 aliphatic rings. The van der Waals surface area contributed by atoms with Gasteiger partial charge in [-0.2, -0.15) is 0 Å². The van der Waals surface area contributed by atoms with Gasteiger partial charge in [0.2, 0.25) is 0 Å². The molecule has 1 heterocycles. The third-order valence-corrected chi connectivity index (χ3v) is 2.69. The molecule has 0 bridgehead atoms. The van der Waals surface area contributed by atoms with Crippen LogP contribution in [0.2, 0.25) is 0 Å². The highest BCUT2D eigenvalue weighted by molar-refractivity contribution is 9.08. The largest absolute Gasteiger partial charge is 0.465 e. The van der Waals surface area contributed by atoms with E-state index in [-0.39, 0.29) is 22.2 Å². The number of nitrogens with zero attached hydrogens (tertiary/aromatic N) is 1. The highest BCUT2D eigenvalue weighted by Gasteiger charge is 2.23. The Bertz CT molecular complexity index is 410. The second-order valence-corrected chi connectivity index (χ2v) is 3.67. The van der Waals surface area contributed by atoms with Crippen LogP contribution in [0.5, 0.6) is 0 Å². The number of rotatable bonds is 3. The lowest BCUT2D eigenvalue weighted by molar-refractivity contribution is 0.0598. The van der Waals surface area contributed by atoms with Crippen LogP contribution in [0.1, 0.15) is 33.6 Å². The fourth-order valence-electron chi connectivity index (χ4n) is 1.38. The van der Waals surface area contributed by atoms with Crippen LogP contribution in [0.3, 0.4) is 0 Å². The van der Waals surface area contributed by atoms with Crippen molar-refractivity contribution in [1.29, 1.82) is 0 Å². The van der Waals surface area contributed by atoms with Gasteiger partial charge < -0.3 is 4.74 Å². The van der Waals surface area contributed by atoms with Crippen LogP contribution in [-0.2, 0) is 10.1 Å². The average molecular weight is 294 g/mol. The maximum atomic E-state index is 12.7. The molecular formula is C10H10BrF2NO2. The Hall–Kier alpha value is -1.04. The average Bonchev–Trinajstić information content (AvgIpc) is 2.26. The molecule has 0 amide bonds. The normalized spacial score (nSPS) is 10.6. The molecule has 0 radical (unpaired) electrons. The molecule has 0 aliphatic carbocycles. The number of hydrogen-bond donors (Lipinski definition) is 0. The molecule has 0 fully saturated rings. The van der Waals surface area contributed by atoms with Crippen molar-refractivity contribution < 1.29 is 18.3 Å². The van der Waals surface area contributed by atoms with Crippen molar-refractivity contribution in [3.63, 3.8) is 0 Å². The first-order valence-corrected chi connectivity index (χ1v) is 5.55. The van der Waals surface area contributed by atoms with Crippen LogP contribution in [0, 0.1) is 6.92 Å². The Morgan fingerprint density at radius 3 is 2.69 bits per heavy atom. The molecule has 0 aliphatic heterocycles. The minimum Gasteiger partial charge on any atom is -0.465 e. The first kappa shape index (κ1) is 13.0. The summed E-state index contributed by atoms with van der Waals surface area (Å²) in [5.41, 5.74) is 0.472. The van der Waals surface area contributed by atoms with Crippen molar-refractivity contribution in [2.45, 2.75) is 18.7 Å². The lowest BCUT2D eigenvalue weighted by atomic mass is 10.0. The van der Waals surface area contributed by atoms with Crippen molar-refractivity contribution in [3.05, 3.63) is 28.6 Å². The summed E-state index contributed by atoms with van der Waals surface area (Å²) < 4.78 is 29.9. The molecule has 16 heavy (non-hydrogen) atoms. The molecular weight excluding hydrogens is 284 g/mol. The number of carbonyl (C=O) groups is 1. The van der Waals surface area contributed by atoms with Crippen LogP contribution in [0.15, 0.2) is 6.20 Å². The summed E-state index contributed by atoms with van der Waals surface area (Å²) in [5, 5.41) is 0.131. The van der Waals surface area contributed by atoms with Gasteiger partial charge in [0.05, 0.1) is 12.7 Å². The molecule has 1 aromatic heterocycles. The number of aryl methyl sites for hydroxylation is 1. The second kappa shape index (κ2) is 5.34. The minimum absolute atomic E-state index is 0.131. The van der Waals surface area contributed by atoms with E-state index in [2.05, 4.69) is 25.7 Å². The number of carbonyl (C=O) groups excluding carboxylic acids is 1. The zero-order valence-electron chi connectivity index (χ0n) is 8.76. The lowest BCUT2D eigenvalue weighted by Crippen LogP contribution is -2.11. The second-order valence-electron chi connectivity index (χ2n) is 3.11. The van der Waals surface area contributed by atoms with Crippen LogP contribution >= 0.6 is 15.9 Å². The van der Waals surface area contributed by atoms with E-state index in [0.717, 1.165) is 0 Å². The zero-order chi connectivity index (χ0) is 12.3. The number of pyridine rings is 1. The monoisotopic (exact) mass is 293 g/mol. The van der Waals surface area contributed by atoms with Crippen molar-refractivity contribution >= 4 is 21.9 Å². The molecule has 0 saturated heterocycles. The van der Waals surface area contributed by atoms with Gasteiger partial charge in [-0.1, -0.05) is 15.9 Å². The number of ether oxygens (including phenoxy) is 1. The number of esters is 1. The van der Waals surface area contributed by atoms with Gasteiger partial charge in [0.25, 0.3) is 6.43 Å². The summed E-state index contributed by atoms with van der Waals surface area (Å²) >= 11 is 3.08. The van der Waals surface area contributed by atoms with Gasteiger partial charge in [-0.15, -0.1) is 0 Å². The van der Waals surface area contributed by atoms with E-state index in [1.165, 1.54) is 13.3 Å². The molecule has 88 valence electrons. The molecule has 0 saturated carbocycles. The molecule has 0 atom stereocenters. The molecule has 0 N–H and O–H groups in total. The molecule has 6 heteroatoms. The molecule has 3 nitrogen and oxygen atoms in total. The molecule has 0 spiro atoms. The van der Waals surface area contributed by atoms with E-state index in [1.54, 1.807) is 6.92 Å². The Morgan fingerprint density at radius 1 is 1.62 bits per heavy atom. The van der Waals surface area contributed by atoms with Crippen LogP contribution in [-0.4, -0.2) is 18.1 Å². The van der Waals surface area contributed by atoms with E-state index >= 15 is 0 Å². The number of hydrogen-bond acceptors (Lipinski definition) is 3. The van der Waals surface area contributed by atoms with Gasteiger partial charge in [-0.3, -0.25) is 4.98 Å². The fraction of sp³-hybridized carbons (Fsp3) is 0.400. The fourth-order valence-corrected chi connectivity index (χ4v) is 1.95. The quantitative estimate of drug-likeness (QED) is 0.635. The van der Waals surface area contributed by atoms with Crippen molar-refractivity contribution in [2.24, 2.45) is 0 Å². The third kappa shape index (κ3) is 2.37. The Labute approximate surface area is 99.9 Å². The number of methoxy groups -OCH3 is 1. The van der Waals surface area contributed by atoms with Crippen molar-refractivity contribution in [2.75, 3.05) is 7.11 Å².